The Bertz CT molecular complexity index is 714. The molecule has 0 amide bonds. The van der Waals surface area contributed by atoms with Crippen LogP contribution in [0.1, 0.15) is 11.1 Å². The fraction of sp³-hybridized carbons (Fsp3) is 0.250. The molecule has 2 aromatic carbocycles. The maximum absolute atomic E-state index is 13.4. The van der Waals surface area contributed by atoms with Crippen LogP contribution in [0.15, 0.2) is 48.5 Å². The molecule has 0 heterocycles. The molecule has 6 heteroatoms. The SMILES string of the molecule is Cc1ccc(OCCNS(=O)(=O)Cc2ccccc2F)cc1. The van der Waals surface area contributed by atoms with Crippen LogP contribution in [0, 0.1) is 12.7 Å². The molecule has 118 valence electrons. The van der Waals surface area contributed by atoms with Gasteiger partial charge in [-0.25, -0.2) is 17.5 Å². The Morgan fingerprint density at radius 3 is 2.45 bits per heavy atom. The lowest BCUT2D eigenvalue weighted by Crippen LogP contribution is -2.29. The Labute approximate surface area is 130 Å². The average Bonchev–Trinajstić information content (AvgIpc) is 2.48. The molecule has 0 fully saturated rings. The van der Waals surface area contributed by atoms with Crippen molar-refractivity contribution in [2.75, 3.05) is 13.2 Å². The van der Waals surface area contributed by atoms with Crippen LogP contribution in [0.3, 0.4) is 0 Å². The maximum Gasteiger partial charge on any atom is 0.216 e. The summed E-state index contributed by atoms with van der Waals surface area (Å²) in [5.74, 6) is -0.229. The molecule has 22 heavy (non-hydrogen) atoms. The van der Waals surface area contributed by atoms with Crippen molar-refractivity contribution in [1.29, 1.82) is 0 Å². The van der Waals surface area contributed by atoms with Crippen molar-refractivity contribution in [2.24, 2.45) is 0 Å². The van der Waals surface area contributed by atoms with Gasteiger partial charge in [0.15, 0.2) is 0 Å². The zero-order valence-corrected chi connectivity index (χ0v) is 13.1. The molecule has 0 radical (unpaired) electrons. The van der Waals surface area contributed by atoms with Gasteiger partial charge in [0, 0.05) is 12.1 Å². The van der Waals surface area contributed by atoms with E-state index >= 15 is 0 Å². The van der Waals surface area contributed by atoms with E-state index in [0.717, 1.165) is 5.56 Å². The molecule has 0 spiro atoms. The first-order valence-corrected chi connectivity index (χ1v) is 8.52. The van der Waals surface area contributed by atoms with E-state index in [1.807, 2.05) is 31.2 Å². The van der Waals surface area contributed by atoms with Crippen LogP contribution in [0.5, 0.6) is 5.75 Å². The van der Waals surface area contributed by atoms with E-state index in [1.165, 1.54) is 18.2 Å². The molecule has 0 saturated heterocycles. The molecule has 0 aliphatic rings. The highest BCUT2D eigenvalue weighted by Crippen LogP contribution is 2.11. The standard InChI is InChI=1S/C16H18FNO3S/c1-13-6-8-15(9-7-13)21-11-10-18-22(19,20)12-14-4-2-3-5-16(14)17/h2-9,18H,10-12H2,1H3. The summed E-state index contributed by atoms with van der Waals surface area (Å²) in [7, 11) is -3.59. The van der Waals surface area contributed by atoms with Crippen molar-refractivity contribution >= 4 is 10.0 Å². The van der Waals surface area contributed by atoms with Crippen molar-refractivity contribution in [2.45, 2.75) is 12.7 Å². The van der Waals surface area contributed by atoms with E-state index in [9.17, 15) is 12.8 Å². The number of ether oxygens (including phenoxy) is 1. The summed E-state index contributed by atoms with van der Waals surface area (Å²) < 4.78 is 45.0. The zero-order valence-electron chi connectivity index (χ0n) is 12.3. The van der Waals surface area contributed by atoms with Gasteiger partial charge < -0.3 is 4.74 Å². The summed E-state index contributed by atoms with van der Waals surface area (Å²) in [6.45, 7) is 2.31. The second-order valence-corrected chi connectivity index (χ2v) is 6.71. The van der Waals surface area contributed by atoms with Crippen LogP contribution in [0.2, 0.25) is 0 Å². The molecule has 2 aromatic rings. The third-order valence-corrected chi connectivity index (χ3v) is 4.35. The summed E-state index contributed by atoms with van der Waals surface area (Å²) in [6.07, 6.45) is 0. The Morgan fingerprint density at radius 2 is 1.77 bits per heavy atom. The number of aryl methyl sites for hydroxylation is 1. The summed E-state index contributed by atoms with van der Waals surface area (Å²) in [5.41, 5.74) is 1.27. The minimum atomic E-state index is -3.59. The molecule has 0 aliphatic heterocycles. The molecule has 0 saturated carbocycles. The number of halogens is 1. The van der Waals surface area contributed by atoms with Crippen molar-refractivity contribution in [1.82, 2.24) is 4.72 Å². The first kappa shape index (κ1) is 16.5. The van der Waals surface area contributed by atoms with E-state index in [2.05, 4.69) is 4.72 Å². The van der Waals surface area contributed by atoms with Crippen LogP contribution in [0.25, 0.3) is 0 Å². The molecule has 4 nitrogen and oxygen atoms in total. The summed E-state index contributed by atoms with van der Waals surface area (Å²) in [6, 6.07) is 13.3. The van der Waals surface area contributed by atoms with Gasteiger partial charge in [0.1, 0.15) is 18.2 Å². The molecule has 0 atom stereocenters. The first-order valence-electron chi connectivity index (χ1n) is 6.86. The average molecular weight is 323 g/mol. The van der Waals surface area contributed by atoms with Gasteiger partial charge >= 0.3 is 0 Å². The van der Waals surface area contributed by atoms with Gasteiger partial charge in [-0.2, -0.15) is 0 Å². The summed E-state index contributed by atoms with van der Waals surface area (Å²) >= 11 is 0. The van der Waals surface area contributed by atoms with Crippen LogP contribution in [-0.2, 0) is 15.8 Å². The summed E-state index contributed by atoms with van der Waals surface area (Å²) in [5, 5.41) is 0. The second-order valence-electron chi connectivity index (χ2n) is 4.91. The Morgan fingerprint density at radius 1 is 1.09 bits per heavy atom. The van der Waals surface area contributed by atoms with Gasteiger partial charge in [-0.05, 0) is 25.1 Å². The van der Waals surface area contributed by atoms with Crippen LogP contribution in [-0.4, -0.2) is 21.6 Å². The highest BCUT2D eigenvalue weighted by Gasteiger charge is 2.13. The van der Waals surface area contributed by atoms with E-state index in [1.54, 1.807) is 6.07 Å². The van der Waals surface area contributed by atoms with Gasteiger partial charge in [0.05, 0.1) is 5.75 Å². The number of sulfonamides is 1. The number of hydrogen-bond acceptors (Lipinski definition) is 3. The predicted molar refractivity (Wildman–Crippen MR) is 83.7 cm³/mol. The third kappa shape index (κ3) is 5.13. The molecule has 0 bridgehead atoms. The number of benzene rings is 2. The quantitative estimate of drug-likeness (QED) is 0.797. The lowest BCUT2D eigenvalue weighted by molar-refractivity contribution is 0.322. The molecule has 2 rings (SSSR count). The van der Waals surface area contributed by atoms with Gasteiger partial charge in [-0.1, -0.05) is 35.9 Å². The largest absolute Gasteiger partial charge is 0.492 e. The smallest absolute Gasteiger partial charge is 0.216 e. The van der Waals surface area contributed by atoms with Crippen molar-refractivity contribution in [3.63, 3.8) is 0 Å². The van der Waals surface area contributed by atoms with Crippen molar-refractivity contribution in [3.8, 4) is 5.75 Å². The van der Waals surface area contributed by atoms with Gasteiger partial charge in [-0.3, -0.25) is 0 Å². The topological polar surface area (TPSA) is 55.4 Å². The van der Waals surface area contributed by atoms with Crippen LogP contribution >= 0.6 is 0 Å². The van der Waals surface area contributed by atoms with E-state index in [-0.39, 0.29) is 24.5 Å². The Balaban J connectivity index is 1.80. The monoisotopic (exact) mass is 323 g/mol. The number of hydrogen-bond donors (Lipinski definition) is 1. The Hall–Kier alpha value is -1.92. The highest BCUT2D eigenvalue weighted by molar-refractivity contribution is 7.88. The van der Waals surface area contributed by atoms with Crippen molar-refractivity contribution < 1.29 is 17.5 Å². The molecular formula is C16H18FNO3S. The number of rotatable bonds is 7. The van der Waals surface area contributed by atoms with Gasteiger partial charge in [0.2, 0.25) is 10.0 Å². The lowest BCUT2D eigenvalue weighted by atomic mass is 10.2. The zero-order chi connectivity index (χ0) is 16.0. The van der Waals surface area contributed by atoms with E-state index in [0.29, 0.717) is 5.75 Å². The van der Waals surface area contributed by atoms with Gasteiger partial charge in [0.25, 0.3) is 0 Å². The van der Waals surface area contributed by atoms with Crippen LogP contribution < -0.4 is 9.46 Å². The highest BCUT2D eigenvalue weighted by atomic mass is 32.2. The minimum absolute atomic E-state index is 0.130. The van der Waals surface area contributed by atoms with Crippen molar-refractivity contribution in [3.05, 3.63) is 65.5 Å². The molecule has 0 aliphatic carbocycles. The second kappa shape index (κ2) is 7.38. The fourth-order valence-corrected chi connectivity index (χ4v) is 3.01. The molecule has 0 unspecified atom stereocenters. The van der Waals surface area contributed by atoms with Crippen LogP contribution in [0.4, 0.5) is 4.39 Å². The van der Waals surface area contributed by atoms with E-state index < -0.39 is 15.8 Å². The lowest BCUT2D eigenvalue weighted by Gasteiger charge is -2.09. The van der Waals surface area contributed by atoms with E-state index in [4.69, 9.17) is 4.74 Å². The van der Waals surface area contributed by atoms with Gasteiger partial charge in [-0.15, -0.1) is 0 Å². The molecule has 1 N–H and O–H groups in total. The predicted octanol–water partition coefficient (Wildman–Crippen LogP) is 2.63. The Kier molecular flexibility index (Phi) is 5.51. The molecular weight excluding hydrogens is 305 g/mol. The molecule has 0 aromatic heterocycles. The third-order valence-electron chi connectivity index (χ3n) is 3.02. The minimum Gasteiger partial charge on any atom is -0.492 e. The maximum atomic E-state index is 13.4. The fourth-order valence-electron chi connectivity index (χ4n) is 1.87. The normalized spacial score (nSPS) is 11.4. The first-order chi connectivity index (χ1) is 10.5. The number of nitrogens with one attached hydrogen (secondary N) is 1. The summed E-state index contributed by atoms with van der Waals surface area (Å²) in [4.78, 5) is 0.